The van der Waals surface area contributed by atoms with Crippen molar-refractivity contribution in [2.75, 3.05) is 32.1 Å². The molecule has 1 heterocycles. The molecule has 0 aromatic heterocycles. The van der Waals surface area contributed by atoms with Gasteiger partial charge in [0.2, 0.25) is 11.8 Å². The molecule has 7 nitrogen and oxygen atoms in total. The van der Waals surface area contributed by atoms with Crippen molar-refractivity contribution >= 4 is 23.2 Å². The highest BCUT2D eigenvalue weighted by atomic mass is 16.5. The molecule has 0 bridgehead atoms. The molecule has 2 amide bonds. The minimum atomic E-state index is -0.257. The number of amides is 2. The predicted octanol–water partition coefficient (Wildman–Crippen LogP) is 4.49. The Balaban J connectivity index is 1.51. The van der Waals surface area contributed by atoms with Crippen molar-refractivity contribution in [3.05, 3.63) is 48.0 Å². The number of hydrogen-bond acceptors (Lipinski definition) is 5. The Morgan fingerprint density at radius 3 is 2.48 bits per heavy atom. The maximum atomic E-state index is 12.4. The van der Waals surface area contributed by atoms with Crippen molar-refractivity contribution in [3.63, 3.8) is 0 Å². The minimum absolute atomic E-state index is 0.0563. The van der Waals surface area contributed by atoms with Crippen LogP contribution in [0.2, 0.25) is 0 Å². The van der Waals surface area contributed by atoms with Crippen molar-refractivity contribution in [2.45, 2.75) is 46.1 Å². The lowest BCUT2D eigenvalue weighted by Crippen LogP contribution is -2.32. The molecule has 2 aromatic carbocycles. The van der Waals surface area contributed by atoms with Crippen molar-refractivity contribution in [3.8, 4) is 11.5 Å². The lowest BCUT2D eigenvalue weighted by molar-refractivity contribution is -0.128. The SMILES string of the molecule is CCCCCOc1ccc(Nc2ccc(CNC(=O)C3CC(=O)N(CC)C3)cc2)cc1OC. The second kappa shape index (κ2) is 12.1. The van der Waals surface area contributed by atoms with Crippen LogP contribution in [-0.2, 0) is 16.1 Å². The molecule has 0 saturated carbocycles. The standard InChI is InChI=1S/C26H35N3O4/c1-4-6-7-14-33-23-13-12-22(16-24(23)32-3)28-21-10-8-19(9-11-21)17-27-26(31)20-15-25(30)29(5-2)18-20/h8-13,16,20,28H,4-7,14-15,17-18H2,1-3H3,(H,27,31). The first-order valence-corrected chi connectivity index (χ1v) is 11.8. The van der Waals surface area contributed by atoms with Crippen molar-refractivity contribution in [1.29, 1.82) is 0 Å². The molecular weight excluding hydrogens is 418 g/mol. The molecule has 0 radical (unpaired) electrons. The molecule has 3 rings (SSSR count). The van der Waals surface area contributed by atoms with E-state index in [4.69, 9.17) is 9.47 Å². The lowest BCUT2D eigenvalue weighted by atomic mass is 10.1. The third-order valence-electron chi connectivity index (χ3n) is 5.85. The van der Waals surface area contributed by atoms with Gasteiger partial charge in [-0.05, 0) is 43.2 Å². The number of rotatable bonds is 12. The molecule has 178 valence electrons. The second-order valence-electron chi connectivity index (χ2n) is 8.29. The van der Waals surface area contributed by atoms with Gasteiger partial charge >= 0.3 is 0 Å². The summed E-state index contributed by atoms with van der Waals surface area (Å²) < 4.78 is 11.3. The summed E-state index contributed by atoms with van der Waals surface area (Å²) in [5.41, 5.74) is 2.84. The Bertz CT molecular complexity index is 930. The number of likely N-dealkylation sites (tertiary alicyclic amines) is 1. The molecule has 0 aliphatic carbocycles. The molecule has 1 fully saturated rings. The van der Waals surface area contributed by atoms with E-state index in [-0.39, 0.29) is 17.7 Å². The lowest BCUT2D eigenvalue weighted by Gasteiger charge is -2.14. The van der Waals surface area contributed by atoms with Gasteiger partial charge in [-0.3, -0.25) is 9.59 Å². The molecule has 2 aromatic rings. The highest BCUT2D eigenvalue weighted by molar-refractivity contribution is 5.89. The smallest absolute Gasteiger partial charge is 0.225 e. The summed E-state index contributed by atoms with van der Waals surface area (Å²) >= 11 is 0. The highest BCUT2D eigenvalue weighted by Crippen LogP contribution is 2.31. The van der Waals surface area contributed by atoms with Gasteiger partial charge in [-0.15, -0.1) is 0 Å². The summed E-state index contributed by atoms with van der Waals surface area (Å²) in [6.45, 7) is 6.38. The van der Waals surface area contributed by atoms with Gasteiger partial charge in [0.1, 0.15) is 0 Å². The summed E-state index contributed by atoms with van der Waals surface area (Å²) in [5.74, 6) is 1.18. The quantitative estimate of drug-likeness (QED) is 0.463. The first-order chi connectivity index (χ1) is 16.0. The fourth-order valence-corrected chi connectivity index (χ4v) is 3.86. The summed E-state index contributed by atoms with van der Waals surface area (Å²) in [6.07, 6.45) is 3.64. The van der Waals surface area contributed by atoms with Crippen LogP contribution in [0.5, 0.6) is 11.5 Å². The number of carbonyl (C=O) groups excluding carboxylic acids is 2. The van der Waals surface area contributed by atoms with Crippen LogP contribution in [0.4, 0.5) is 11.4 Å². The number of unbranched alkanes of at least 4 members (excludes halogenated alkanes) is 2. The maximum absolute atomic E-state index is 12.4. The molecule has 1 saturated heterocycles. The van der Waals surface area contributed by atoms with Crippen LogP contribution >= 0.6 is 0 Å². The summed E-state index contributed by atoms with van der Waals surface area (Å²) in [6, 6.07) is 13.7. The van der Waals surface area contributed by atoms with Crippen LogP contribution in [0.1, 0.15) is 45.1 Å². The fraction of sp³-hybridized carbons (Fsp3) is 0.462. The Hall–Kier alpha value is -3.22. The molecule has 7 heteroatoms. The maximum Gasteiger partial charge on any atom is 0.225 e. The zero-order chi connectivity index (χ0) is 23.6. The molecule has 1 aliphatic heterocycles. The predicted molar refractivity (Wildman–Crippen MR) is 130 cm³/mol. The van der Waals surface area contributed by atoms with E-state index < -0.39 is 0 Å². The van der Waals surface area contributed by atoms with E-state index in [9.17, 15) is 9.59 Å². The van der Waals surface area contributed by atoms with E-state index in [1.807, 2.05) is 49.4 Å². The molecule has 33 heavy (non-hydrogen) atoms. The van der Waals surface area contributed by atoms with E-state index in [0.29, 0.717) is 38.4 Å². The summed E-state index contributed by atoms with van der Waals surface area (Å²) in [5, 5.41) is 6.32. The van der Waals surface area contributed by atoms with Crippen LogP contribution in [0.15, 0.2) is 42.5 Å². The fourth-order valence-electron chi connectivity index (χ4n) is 3.86. The van der Waals surface area contributed by atoms with Gasteiger partial charge in [-0.25, -0.2) is 0 Å². The molecule has 1 aliphatic rings. The first kappa shape index (κ1) is 24.4. The molecular formula is C26H35N3O4. The van der Waals surface area contributed by atoms with Crippen molar-refractivity contribution < 1.29 is 19.1 Å². The van der Waals surface area contributed by atoms with E-state index >= 15 is 0 Å². The number of hydrogen-bond donors (Lipinski definition) is 2. The average molecular weight is 454 g/mol. The van der Waals surface area contributed by atoms with E-state index in [1.54, 1.807) is 12.0 Å². The van der Waals surface area contributed by atoms with Crippen LogP contribution in [0, 0.1) is 5.92 Å². The van der Waals surface area contributed by atoms with Crippen LogP contribution in [-0.4, -0.2) is 43.5 Å². The highest BCUT2D eigenvalue weighted by Gasteiger charge is 2.33. The number of carbonyl (C=O) groups is 2. The Kier molecular flexibility index (Phi) is 8.98. The zero-order valence-electron chi connectivity index (χ0n) is 19.9. The number of nitrogens with one attached hydrogen (secondary N) is 2. The largest absolute Gasteiger partial charge is 0.493 e. The van der Waals surface area contributed by atoms with Crippen molar-refractivity contribution in [1.82, 2.24) is 10.2 Å². The number of methoxy groups -OCH3 is 1. The summed E-state index contributed by atoms with van der Waals surface area (Å²) in [7, 11) is 1.64. The minimum Gasteiger partial charge on any atom is -0.493 e. The Morgan fingerprint density at radius 1 is 1.06 bits per heavy atom. The number of benzene rings is 2. The Morgan fingerprint density at radius 2 is 1.82 bits per heavy atom. The third kappa shape index (κ3) is 6.88. The van der Waals surface area contributed by atoms with Gasteiger partial charge in [0.05, 0.1) is 19.6 Å². The van der Waals surface area contributed by atoms with E-state index in [2.05, 4.69) is 17.6 Å². The van der Waals surface area contributed by atoms with Gasteiger partial charge in [0.25, 0.3) is 0 Å². The second-order valence-corrected chi connectivity index (χ2v) is 8.29. The van der Waals surface area contributed by atoms with Crippen LogP contribution < -0.4 is 20.1 Å². The van der Waals surface area contributed by atoms with Crippen LogP contribution in [0.25, 0.3) is 0 Å². The van der Waals surface area contributed by atoms with Crippen LogP contribution in [0.3, 0.4) is 0 Å². The number of nitrogens with zero attached hydrogens (tertiary/aromatic N) is 1. The first-order valence-electron chi connectivity index (χ1n) is 11.8. The number of ether oxygens (including phenoxy) is 2. The van der Waals surface area contributed by atoms with E-state index in [0.717, 1.165) is 42.0 Å². The van der Waals surface area contributed by atoms with Gasteiger partial charge in [0, 0.05) is 43.5 Å². The average Bonchev–Trinajstić information content (AvgIpc) is 3.22. The summed E-state index contributed by atoms with van der Waals surface area (Å²) in [4.78, 5) is 26.0. The third-order valence-corrected chi connectivity index (χ3v) is 5.85. The molecule has 2 N–H and O–H groups in total. The van der Waals surface area contributed by atoms with Gasteiger partial charge in [-0.2, -0.15) is 0 Å². The molecule has 1 unspecified atom stereocenters. The molecule has 0 spiro atoms. The van der Waals surface area contributed by atoms with E-state index in [1.165, 1.54) is 0 Å². The van der Waals surface area contributed by atoms with Gasteiger partial charge in [0.15, 0.2) is 11.5 Å². The Labute approximate surface area is 196 Å². The van der Waals surface area contributed by atoms with Crippen molar-refractivity contribution in [2.24, 2.45) is 5.92 Å². The van der Waals surface area contributed by atoms with Gasteiger partial charge < -0.3 is 25.0 Å². The normalized spacial score (nSPS) is 15.4. The topological polar surface area (TPSA) is 79.9 Å². The number of anilines is 2. The van der Waals surface area contributed by atoms with Gasteiger partial charge in [-0.1, -0.05) is 31.9 Å². The zero-order valence-corrected chi connectivity index (χ0v) is 19.9. The molecule has 1 atom stereocenters. The monoisotopic (exact) mass is 453 g/mol.